The summed E-state index contributed by atoms with van der Waals surface area (Å²) in [6.07, 6.45) is -0.354. The number of halogens is 4. The van der Waals surface area contributed by atoms with Crippen LogP contribution in [-0.2, 0) is 11.0 Å². The van der Waals surface area contributed by atoms with E-state index in [-0.39, 0.29) is 11.9 Å². The van der Waals surface area contributed by atoms with E-state index in [1.165, 1.54) is 12.1 Å². The van der Waals surface area contributed by atoms with Gasteiger partial charge in [0.1, 0.15) is 5.38 Å². The van der Waals surface area contributed by atoms with Crippen LogP contribution in [0.5, 0.6) is 0 Å². The lowest BCUT2D eigenvalue weighted by molar-refractivity contribution is -0.137. The number of hydrogen-bond donors (Lipinski definition) is 1. The zero-order valence-electron chi connectivity index (χ0n) is 10.7. The first-order valence-electron chi connectivity index (χ1n) is 6.49. The molecule has 1 atom stereocenters. The van der Waals surface area contributed by atoms with E-state index in [2.05, 4.69) is 5.32 Å². The Bertz CT molecular complexity index is 466. The van der Waals surface area contributed by atoms with E-state index < -0.39 is 17.1 Å². The van der Waals surface area contributed by atoms with Gasteiger partial charge >= 0.3 is 6.18 Å². The van der Waals surface area contributed by atoms with Gasteiger partial charge in [-0.3, -0.25) is 4.79 Å². The molecule has 110 valence electrons. The number of carbonyl (C=O) groups excluding carboxylic acids is 1. The molecule has 0 bridgehead atoms. The van der Waals surface area contributed by atoms with E-state index in [1.54, 1.807) is 0 Å². The molecule has 1 unspecified atom stereocenters. The standard InChI is InChI=1S/C14H15ClF3NO/c15-12(13(20)19-11-3-1-2-4-11)9-5-7-10(8-6-9)14(16,17)18/h5-8,11-12H,1-4H2,(H,19,20). The highest BCUT2D eigenvalue weighted by atomic mass is 35.5. The van der Waals surface area contributed by atoms with Gasteiger partial charge in [0.2, 0.25) is 5.91 Å². The molecule has 0 saturated heterocycles. The first kappa shape index (κ1) is 15.2. The quantitative estimate of drug-likeness (QED) is 0.839. The largest absolute Gasteiger partial charge is 0.416 e. The van der Waals surface area contributed by atoms with Crippen LogP contribution in [0.15, 0.2) is 24.3 Å². The van der Waals surface area contributed by atoms with Crippen molar-refractivity contribution in [1.82, 2.24) is 5.32 Å². The predicted molar refractivity (Wildman–Crippen MR) is 70.4 cm³/mol. The van der Waals surface area contributed by atoms with Gasteiger partial charge in [-0.2, -0.15) is 13.2 Å². The maximum absolute atomic E-state index is 12.4. The third-order valence-electron chi connectivity index (χ3n) is 3.46. The van der Waals surface area contributed by atoms with Gasteiger partial charge in [-0.15, -0.1) is 11.6 Å². The van der Waals surface area contributed by atoms with Crippen LogP contribution in [0.2, 0.25) is 0 Å². The molecule has 0 aliphatic heterocycles. The topological polar surface area (TPSA) is 29.1 Å². The van der Waals surface area contributed by atoms with Gasteiger partial charge in [-0.05, 0) is 30.5 Å². The highest BCUT2D eigenvalue weighted by molar-refractivity contribution is 6.30. The minimum atomic E-state index is -4.38. The van der Waals surface area contributed by atoms with Crippen molar-refractivity contribution in [3.05, 3.63) is 35.4 Å². The minimum Gasteiger partial charge on any atom is -0.352 e. The maximum atomic E-state index is 12.4. The highest BCUT2D eigenvalue weighted by Crippen LogP contribution is 2.31. The first-order chi connectivity index (χ1) is 9.38. The van der Waals surface area contributed by atoms with E-state index in [4.69, 9.17) is 11.6 Å². The Labute approximate surface area is 120 Å². The summed E-state index contributed by atoms with van der Waals surface area (Å²) in [5.74, 6) is -0.349. The minimum absolute atomic E-state index is 0.137. The summed E-state index contributed by atoms with van der Waals surface area (Å²) in [4.78, 5) is 11.9. The average Bonchev–Trinajstić information content (AvgIpc) is 2.90. The summed E-state index contributed by atoms with van der Waals surface area (Å²) in [5.41, 5.74) is -0.378. The van der Waals surface area contributed by atoms with E-state index >= 15 is 0 Å². The van der Waals surface area contributed by atoms with Crippen LogP contribution in [0.1, 0.15) is 42.2 Å². The van der Waals surface area contributed by atoms with Gasteiger partial charge < -0.3 is 5.32 Å². The molecule has 0 aromatic heterocycles. The van der Waals surface area contributed by atoms with E-state index in [9.17, 15) is 18.0 Å². The molecule has 2 nitrogen and oxygen atoms in total. The number of amides is 1. The van der Waals surface area contributed by atoms with Crippen molar-refractivity contribution >= 4 is 17.5 Å². The second kappa shape index (κ2) is 6.04. The fourth-order valence-corrected chi connectivity index (χ4v) is 2.55. The summed E-state index contributed by atoms with van der Waals surface area (Å²) in [7, 11) is 0. The van der Waals surface area contributed by atoms with E-state index in [1.807, 2.05) is 0 Å². The van der Waals surface area contributed by atoms with Crippen LogP contribution in [0.3, 0.4) is 0 Å². The van der Waals surface area contributed by atoms with Gasteiger partial charge in [0.25, 0.3) is 0 Å². The summed E-state index contributed by atoms with van der Waals surface area (Å²) >= 11 is 6.01. The molecule has 1 amide bonds. The Hall–Kier alpha value is -1.23. The van der Waals surface area contributed by atoms with Crippen LogP contribution in [0.25, 0.3) is 0 Å². The van der Waals surface area contributed by atoms with Crippen molar-refractivity contribution in [1.29, 1.82) is 0 Å². The molecule has 1 aromatic carbocycles. The van der Waals surface area contributed by atoms with Gasteiger partial charge in [0.15, 0.2) is 0 Å². The van der Waals surface area contributed by atoms with Crippen molar-refractivity contribution in [2.24, 2.45) is 0 Å². The lowest BCUT2D eigenvalue weighted by Gasteiger charge is -2.16. The third-order valence-corrected chi connectivity index (χ3v) is 3.91. The molecule has 1 N–H and O–H groups in total. The van der Waals surface area contributed by atoms with Crippen LogP contribution in [0.4, 0.5) is 13.2 Å². The second-order valence-electron chi connectivity index (χ2n) is 4.97. The molecule has 1 saturated carbocycles. The molecule has 0 spiro atoms. The molecule has 1 aliphatic rings. The smallest absolute Gasteiger partial charge is 0.352 e. The van der Waals surface area contributed by atoms with Crippen LogP contribution in [0, 0.1) is 0 Å². The Morgan fingerprint density at radius 3 is 2.25 bits per heavy atom. The number of rotatable bonds is 3. The third kappa shape index (κ3) is 3.66. The molecule has 6 heteroatoms. The van der Waals surface area contributed by atoms with Crippen LogP contribution < -0.4 is 5.32 Å². The molecule has 1 fully saturated rings. The first-order valence-corrected chi connectivity index (χ1v) is 6.93. The van der Waals surface area contributed by atoms with Crippen molar-refractivity contribution in [2.75, 3.05) is 0 Å². The maximum Gasteiger partial charge on any atom is 0.416 e. The summed E-state index contributed by atoms with van der Waals surface area (Å²) in [6, 6.07) is 4.50. The van der Waals surface area contributed by atoms with Crippen molar-refractivity contribution in [3.63, 3.8) is 0 Å². The Morgan fingerprint density at radius 1 is 1.20 bits per heavy atom. The highest BCUT2D eigenvalue weighted by Gasteiger charge is 2.30. The molecule has 1 aliphatic carbocycles. The number of nitrogens with one attached hydrogen (secondary N) is 1. The SMILES string of the molecule is O=C(NC1CCCC1)C(Cl)c1ccc(C(F)(F)F)cc1. The van der Waals surface area contributed by atoms with Gasteiger partial charge in [0.05, 0.1) is 5.56 Å². The molecule has 0 heterocycles. The normalized spacial score (nSPS) is 18.0. The fourth-order valence-electron chi connectivity index (χ4n) is 2.34. The van der Waals surface area contributed by atoms with Crippen LogP contribution in [-0.4, -0.2) is 11.9 Å². The van der Waals surface area contributed by atoms with E-state index in [0.717, 1.165) is 37.8 Å². The fraction of sp³-hybridized carbons (Fsp3) is 0.500. The summed E-state index contributed by atoms with van der Waals surface area (Å²) < 4.78 is 37.3. The molecule has 0 radical (unpaired) electrons. The Kier molecular flexibility index (Phi) is 4.58. The lowest BCUT2D eigenvalue weighted by atomic mass is 10.1. The molecule has 2 rings (SSSR count). The lowest BCUT2D eigenvalue weighted by Crippen LogP contribution is -2.34. The molecular formula is C14H15ClF3NO. The monoisotopic (exact) mass is 305 g/mol. The molecule has 20 heavy (non-hydrogen) atoms. The predicted octanol–water partition coefficient (Wildman–Crippen LogP) is 4.04. The Morgan fingerprint density at radius 2 is 1.75 bits per heavy atom. The van der Waals surface area contributed by atoms with Crippen molar-refractivity contribution in [2.45, 2.75) is 43.3 Å². The second-order valence-corrected chi connectivity index (χ2v) is 5.41. The number of carbonyl (C=O) groups is 1. The van der Waals surface area contributed by atoms with Crippen molar-refractivity contribution < 1.29 is 18.0 Å². The van der Waals surface area contributed by atoms with Gasteiger partial charge in [0, 0.05) is 6.04 Å². The van der Waals surface area contributed by atoms with Gasteiger partial charge in [-0.25, -0.2) is 0 Å². The molecular weight excluding hydrogens is 291 g/mol. The summed E-state index contributed by atoms with van der Waals surface area (Å²) in [6.45, 7) is 0. The number of alkyl halides is 4. The summed E-state index contributed by atoms with van der Waals surface area (Å²) in [5, 5.41) is 1.87. The van der Waals surface area contributed by atoms with E-state index in [0.29, 0.717) is 5.56 Å². The zero-order chi connectivity index (χ0) is 14.8. The average molecular weight is 306 g/mol. The van der Waals surface area contributed by atoms with Crippen LogP contribution >= 0.6 is 11.6 Å². The van der Waals surface area contributed by atoms with Gasteiger partial charge in [-0.1, -0.05) is 25.0 Å². The number of benzene rings is 1. The number of hydrogen-bond acceptors (Lipinski definition) is 1. The van der Waals surface area contributed by atoms with Crippen molar-refractivity contribution in [3.8, 4) is 0 Å². The molecule has 1 aromatic rings. The zero-order valence-corrected chi connectivity index (χ0v) is 11.5. The Balaban J connectivity index is 2.01.